The van der Waals surface area contributed by atoms with E-state index in [2.05, 4.69) is 31.0 Å². The summed E-state index contributed by atoms with van der Waals surface area (Å²) in [6.07, 6.45) is 6.36. The van der Waals surface area contributed by atoms with Crippen LogP contribution in [0.15, 0.2) is 97.5 Å². The lowest BCUT2D eigenvalue weighted by Gasteiger charge is -2.36. The summed E-state index contributed by atoms with van der Waals surface area (Å²) in [6, 6.07) is 27.3. The SMILES string of the molecule is CC(c1ccc(Cl)cc1)n1cnc(-c2ccccc2)c1-c1c(C(=O)Nc2cccnc2N2CCC(N3CCCS3=O)CC2)[nH]c2cc(Cl)ccc12. The summed E-state index contributed by atoms with van der Waals surface area (Å²) in [5, 5.41) is 5.28. The molecule has 2 N–H and O–H groups in total. The van der Waals surface area contributed by atoms with E-state index in [4.69, 9.17) is 33.2 Å². The first-order valence-corrected chi connectivity index (χ1v) is 19.2. The van der Waals surface area contributed by atoms with Gasteiger partial charge in [-0.05, 0) is 68.1 Å². The van der Waals surface area contributed by atoms with Crippen LogP contribution >= 0.6 is 23.2 Å². The standard InChI is InChI=1S/C39H37Cl2N7O2S/c1-25(26-10-12-28(40)13-11-26)47-24-43-35(27-7-3-2-4-8-27)37(47)34-31-15-14-29(41)23-33(31)44-36(34)39(49)45-32-9-5-18-42-38(32)46-20-16-30(17-21-46)48-19-6-22-51(48)50/h2-5,7-15,18,23-25,30,44H,6,16-17,19-22H2,1H3,(H,45,49). The zero-order valence-electron chi connectivity index (χ0n) is 28.1. The topological polar surface area (TPSA) is 99.2 Å². The van der Waals surface area contributed by atoms with Crippen LogP contribution < -0.4 is 10.2 Å². The number of H-pyrrole nitrogens is 1. The number of benzene rings is 3. The molecular weight excluding hydrogens is 701 g/mol. The number of nitrogens with zero attached hydrogens (tertiary/aromatic N) is 5. The third-order valence-corrected chi connectivity index (χ3v) is 12.1. The van der Waals surface area contributed by atoms with Crippen molar-refractivity contribution in [3.8, 4) is 22.5 Å². The van der Waals surface area contributed by atoms with Crippen molar-refractivity contribution in [1.29, 1.82) is 0 Å². The smallest absolute Gasteiger partial charge is 0.272 e. The number of imidazole rings is 1. The van der Waals surface area contributed by atoms with Crippen LogP contribution in [0.2, 0.25) is 10.0 Å². The van der Waals surface area contributed by atoms with Crippen LogP contribution in [-0.2, 0) is 11.0 Å². The summed E-state index contributed by atoms with van der Waals surface area (Å²) in [5.74, 6) is 1.17. The number of hydrogen-bond donors (Lipinski definition) is 2. The van der Waals surface area contributed by atoms with Crippen molar-refractivity contribution in [2.75, 3.05) is 35.6 Å². The summed E-state index contributed by atoms with van der Waals surface area (Å²) < 4.78 is 16.8. The van der Waals surface area contributed by atoms with E-state index in [1.54, 1.807) is 6.20 Å². The molecule has 3 aromatic heterocycles. The van der Waals surface area contributed by atoms with Crippen molar-refractivity contribution in [1.82, 2.24) is 23.8 Å². The quantitative estimate of drug-likeness (QED) is 0.163. The number of nitrogens with one attached hydrogen (secondary N) is 2. The Bertz CT molecular complexity index is 2230. The number of piperidine rings is 1. The Labute approximate surface area is 309 Å². The molecule has 2 aliphatic heterocycles. The van der Waals surface area contributed by atoms with Gasteiger partial charge in [0.1, 0.15) is 5.69 Å². The number of halogens is 2. The molecule has 8 rings (SSSR count). The fraction of sp³-hybridized carbons (Fsp3) is 0.256. The number of hydrogen-bond acceptors (Lipinski definition) is 5. The van der Waals surface area contributed by atoms with E-state index in [0.29, 0.717) is 27.5 Å². The second kappa shape index (κ2) is 14.3. The molecule has 0 radical (unpaired) electrons. The van der Waals surface area contributed by atoms with Gasteiger partial charge >= 0.3 is 0 Å². The maximum Gasteiger partial charge on any atom is 0.272 e. The summed E-state index contributed by atoms with van der Waals surface area (Å²) in [6.45, 7) is 4.53. The van der Waals surface area contributed by atoms with Gasteiger partial charge in [0, 0.05) is 69.7 Å². The van der Waals surface area contributed by atoms with Crippen molar-refractivity contribution in [3.05, 3.63) is 119 Å². The normalized spacial score (nSPS) is 17.6. The Morgan fingerprint density at radius 1 is 0.941 bits per heavy atom. The molecule has 0 bridgehead atoms. The summed E-state index contributed by atoms with van der Waals surface area (Å²) in [4.78, 5) is 29.9. The van der Waals surface area contributed by atoms with Gasteiger partial charge in [-0.15, -0.1) is 0 Å². The third-order valence-electron chi connectivity index (χ3n) is 10.0. The van der Waals surface area contributed by atoms with Gasteiger partial charge in [-0.1, -0.05) is 71.7 Å². The van der Waals surface area contributed by atoms with E-state index in [1.807, 2.05) is 91.3 Å². The minimum Gasteiger partial charge on any atom is -0.355 e. The average Bonchev–Trinajstić information content (AvgIpc) is 3.89. The lowest BCUT2D eigenvalue weighted by molar-refractivity contribution is 0.102. The Kier molecular flexibility index (Phi) is 9.41. The highest BCUT2D eigenvalue weighted by molar-refractivity contribution is 7.82. The minimum absolute atomic E-state index is 0.138. The molecule has 2 atom stereocenters. The van der Waals surface area contributed by atoms with E-state index in [0.717, 1.165) is 89.4 Å². The Morgan fingerprint density at radius 2 is 1.71 bits per heavy atom. The van der Waals surface area contributed by atoms with Gasteiger partial charge in [-0.2, -0.15) is 0 Å². The second-order valence-corrected chi connectivity index (χ2v) is 15.5. The lowest BCUT2D eigenvalue weighted by Crippen LogP contribution is -2.44. The predicted molar refractivity (Wildman–Crippen MR) is 207 cm³/mol. The molecule has 0 saturated carbocycles. The number of pyridine rings is 1. The Balaban J connectivity index is 1.19. The van der Waals surface area contributed by atoms with Crippen molar-refractivity contribution < 1.29 is 9.00 Å². The molecule has 2 unspecified atom stereocenters. The molecule has 2 fully saturated rings. The minimum atomic E-state index is -0.883. The molecule has 51 heavy (non-hydrogen) atoms. The molecule has 260 valence electrons. The van der Waals surface area contributed by atoms with E-state index < -0.39 is 11.0 Å². The zero-order valence-corrected chi connectivity index (χ0v) is 30.4. The van der Waals surface area contributed by atoms with E-state index >= 15 is 0 Å². The first-order valence-electron chi connectivity index (χ1n) is 17.2. The van der Waals surface area contributed by atoms with Gasteiger partial charge in [0.2, 0.25) is 0 Å². The highest BCUT2D eigenvalue weighted by Gasteiger charge is 2.33. The maximum absolute atomic E-state index is 14.6. The number of anilines is 2. The molecule has 1 amide bonds. The molecule has 5 heterocycles. The Morgan fingerprint density at radius 3 is 2.45 bits per heavy atom. The van der Waals surface area contributed by atoms with Crippen LogP contribution in [0.3, 0.4) is 0 Å². The fourth-order valence-electron chi connectivity index (χ4n) is 7.41. The highest BCUT2D eigenvalue weighted by Crippen LogP contribution is 2.42. The number of amides is 1. The van der Waals surface area contributed by atoms with E-state index in [1.165, 1.54) is 0 Å². The van der Waals surface area contributed by atoms with Gasteiger partial charge in [0.05, 0.1) is 40.4 Å². The van der Waals surface area contributed by atoms with E-state index in [-0.39, 0.29) is 11.9 Å². The monoisotopic (exact) mass is 737 g/mol. The number of carbonyl (C=O) groups is 1. The molecule has 3 aromatic carbocycles. The van der Waals surface area contributed by atoms with E-state index in [9.17, 15) is 9.00 Å². The molecule has 2 aliphatic rings. The summed E-state index contributed by atoms with van der Waals surface area (Å²) in [7, 11) is -0.883. The first-order chi connectivity index (χ1) is 24.9. The molecule has 6 aromatic rings. The number of carbonyl (C=O) groups excluding carboxylic acids is 1. The van der Waals surface area contributed by atoms with Crippen LogP contribution in [0.5, 0.6) is 0 Å². The second-order valence-electron chi connectivity index (χ2n) is 13.1. The average molecular weight is 739 g/mol. The van der Waals surface area contributed by atoms with Crippen molar-refractivity contribution in [3.63, 3.8) is 0 Å². The lowest BCUT2D eigenvalue weighted by atomic mass is 9.99. The van der Waals surface area contributed by atoms with Crippen LogP contribution in [0, 0.1) is 0 Å². The number of aromatic amines is 1. The van der Waals surface area contributed by atoms with Crippen LogP contribution in [-0.4, -0.2) is 65.4 Å². The predicted octanol–water partition coefficient (Wildman–Crippen LogP) is 8.60. The molecule has 9 nitrogen and oxygen atoms in total. The highest BCUT2D eigenvalue weighted by atomic mass is 35.5. The van der Waals surface area contributed by atoms with Crippen molar-refractivity contribution in [2.45, 2.75) is 38.3 Å². The van der Waals surface area contributed by atoms with Crippen LogP contribution in [0.4, 0.5) is 11.5 Å². The van der Waals surface area contributed by atoms with Crippen LogP contribution in [0.1, 0.15) is 48.3 Å². The summed E-state index contributed by atoms with van der Waals surface area (Å²) in [5.41, 5.74) is 6.01. The number of aromatic nitrogens is 4. The van der Waals surface area contributed by atoms with Gasteiger partial charge < -0.3 is 19.8 Å². The van der Waals surface area contributed by atoms with Gasteiger partial charge in [-0.25, -0.2) is 18.5 Å². The molecule has 0 aliphatic carbocycles. The molecule has 12 heteroatoms. The van der Waals surface area contributed by atoms with Gasteiger partial charge in [0.25, 0.3) is 5.91 Å². The Hall–Kier alpha value is -4.48. The molecule has 0 spiro atoms. The first kappa shape index (κ1) is 33.7. The number of rotatable bonds is 8. The third kappa shape index (κ3) is 6.57. The van der Waals surface area contributed by atoms with Crippen LogP contribution in [0.25, 0.3) is 33.4 Å². The zero-order chi connectivity index (χ0) is 35.1. The van der Waals surface area contributed by atoms with Crippen molar-refractivity contribution >= 4 is 62.5 Å². The summed E-state index contributed by atoms with van der Waals surface area (Å²) >= 11 is 12.8. The number of fused-ring (bicyclic) bond motifs is 1. The largest absolute Gasteiger partial charge is 0.355 e. The molecular formula is C39H37Cl2N7O2S. The van der Waals surface area contributed by atoms with Crippen molar-refractivity contribution in [2.24, 2.45) is 0 Å². The van der Waals surface area contributed by atoms with Gasteiger partial charge in [-0.3, -0.25) is 4.79 Å². The molecule has 2 saturated heterocycles. The van der Waals surface area contributed by atoms with Gasteiger partial charge in [0.15, 0.2) is 5.82 Å². The fourth-order valence-corrected chi connectivity index (χ4v) is 9.19. The maximum atomic E-state index is 14.6.